The lowest BCUT2D eigenvalue weighted by Gasteiger charge is -2.31. The Morgan fingerprint density at radius 1 is 1.34 bits per heavy atom. The van der Waals surface area contributed by atoms with Crippen LogP contribution >= 0.6 is 0 Å². The van der Waals surface area contributed by atoms with Gasteiger partial charge in [-0.2, -0.15) is 0 Å². The summed E-state index contributed by atoms with van der Waals surface area (Å²) >= 11 is 0. The van der Waals surface area contributed by atoms with Gasteiger partial charge < -0.3 is 19.7 Å². The summed E-state index contributed by atoms with van der Waals surface area (Å²) in [7, 11) is 0. The van der Waals surface area contributed by atoms with E-state index < -0.39 is 36.9 Å². The molecule has 0 saturated carbocycles. The van der Waals surface area contributed by atoms with Crippen LogP contribution in [0.15, 0.2) is 35.1 Å². The van der Waals surface area contributed by atoms with E-state index in [0.717, 1.165) is 10.9 Å². The second-order valence-corrected chi connectivity index (χ2v) is 8.09. The van der Waals surface area contributed by atoms with Crippen LogP contribution in [0.2, 0.25) is 0 Å². The number of fused-ring (bicyclic) bond motifs is 5. The van der Waals surface area contributed by atoms with Crippen LogP contribution in [0.5, 0.6) is 0 Å². The van der Waals surface area contributed by atoms with Gasteiger partial charge in [-0.15, -0.1) is 0 Å². The van der Waals surface area contributed by atoms with Crippen LogP contribution in [0.3, 0.4) is 0 Å². The first-order valence-corrected chi connectivity index (χ1v) is 10.5. The zero-order valence-electron chi connectivity index (χ0n) is 24.5. The van der Waals surface area contributed by atoms with E-state index in [1.54, 1.807) is 25.1 Å². The minimum atomic E-state index is -3.11. The Kier molecular flexibility index (Phi) is 3.34. The first-order valence-electron chi connectivity index (χ1n) is 14.0. The van der Waals surface area contributed by atoms with Gasteiger partial charge in [0.25, 0.3) is 5.56 Å². The van der Waals surface area contributed by atoms with E-state index in [0.29, 0.717) is 22.5 Å². The smallest absolute Gasteiger partial charge is 0.343 e. The quantitative estimate of drug-likeness (QED) is 0.464. The number of pyridine rings is 2. The Labute approximate surface area is 195 Å². The number of carbonyl (C=O) groups is 1. The fourth-order valence-electron chi connectivity index (χ4n) is 4.71. The number of cyclic esters (lactones) is 1. The molecular formula is C25H27N3O4. The summed E-state index contributed by atoms with van der Waals surface area (Å²) < 4.78 is 60.8. The summed E-state index contributed by atoms with van der Waals surface area (Å²) in [5.41, 5.74) is 0.912. The number of hydrogen-bond donors (Lipinski definition) is 2. The summed E-state index contributed by atoms with van der Waals surface area (Å²) in [5.74, 6) is -0.819. The molecule has 0 saturated heterocycles. The van der Waals surface area contributed by atoms with Crippen molar-refractivity contribution >= 4 is 16.9 Å². The third-order valence-corrected chi connectivity index (χ3v) is 6.39. The van der Waals surface area contributed by atoms with Crippen LogP contribution < -0.4 is 10.9 Å². The molecule has 2 aliphatic rings. The van der Waals surface area contributed by atoms with Crippen LogP contribution in [0.1, 0.15) is 58.9 Å². The normalized spacial score (nSPS) is 23.4. The number of rotatable bonds is 5. The molecule has 0 bridgehead atoms. The number of aliphatic hydroxyl groups is 1. The van der Waals surface area contributed by atoms with Gasteiger partial charge in [0.1, 0.15) is 6.61 Å². The fourth-order valence-corrected chi connectivity index (χ4v) is 4.71. The number of hydrogen-bond acceptors (Lipinski definition) is 6. The van der Waals surface area contributed by atoms with Gasteiger partial charge in [0.05, 0.1) is 29.0 Å². The van der Waals surface area contributed by atoms with Crippen LogP contribution in [-0.4, -0.2) is 33.2 Å². The van der Waals surface area contributed by atoms with E-state index in [-0.39, 0.29) is 43.7 Å². The SMILES string of the molecule is [2H]C([2H])([2H])C([2H])(NCCc1c2c(nc3ccccc13)-c1cc3c(c(=O)n1C2)COC(=O)[C@]3(O)CC)C([2H])([2H])[2H]. The maximum absolute atomic E-state index is 13.5. The molecule has 4 heterocycles. The summed E-state index contributed by atoms with van der Waals surface area (Å²) in [5, 5.41) is 14.3. The van der Waals surface area contributed by atoms with Crippen molar-refractivity contribution in [2.24, 2.45) is 0 Å². The number of nitrogens with zero attached hydrogens (tertiary/aromatic N) is 2. The highest BCUT2D eigenvalue weighted by Gasteiger charge is 2.45. The summed E-state index contributed by atoms with van der Waals surface area (Å²) in [4.78, 5) is 30.7. The summed E-state index contributed by atoms with van der Waals surface area (Å²) in [6.45, 7) is -4.87. The molecule has 1 aromatic carbocycles. The molecule has 0 amide bonds. The minimum absolute atomic E-state index is 0.0124. The first-order chi connectivity index (χ1) is 18.1. The molecule has 7 nitrogen and oxygen atoms in total. The van der Waals surface area contributed by atoms with Crippen molar-refractivity contribution in [3.63, 3.8) is 0 Å². The number of nitrogens with one attached hydrogen (secondary N) is 1. The Balaban J connectivity index is 1.62. The predicted molar refractivity (Wildman–Crippen MR) is 121 cm³/mol. The molecule has 0 aliphatic carbocycles. The van der Waals surface area contributed by atoms with Gasteiger partial charge in [-0.25, -0.2) is 9.78 Å². The number of esters is 1. The lowest BCUT2D eigenvalue weighted by Crippen LogP contribution is -2.44. The molecule has 7 heteroatoms. The Morgan fingerprint density at radius 3 is 2.94 bits per heavy atom. The first kappa shape index (κ1) is 14.2. The molecule has 2 N–H and O–H groups in total. The van der Waals surface area contributed by atoms with Gasteiger partial charge in [-0.3, -0.25) is 4.79 Å². The van der Waals surface area contributed by atoms with E-state index >= 15 is 0 Å². The van der Waals surface area contributed by atoms with Crippen LogP contribution in [0.4, 0.5) is 0 Å². The monoisotopic (exact) mass is 440 g/mol. The van der Waals surface area contributed by atoms with Gasteiger partial charge in [0, 0.05) is 32.1 Å². The van der Waals surface area contributed by atoms with Crippen molar-refractivity contribution in [3.05, 3.63) is 62.9 Å². The molecule has 0 fully saturated rings. The summed E-state index contributed by atoms with van der Waals surface area (Å²) in [6.07, 6.45) is 0.166. The van der Waals surface area contributed by atoms with Gasteiger partial charge in [-0.1, -0.05) is 38.8 Å². The molecule has 2 aliphatic heterocycles. The molecule has 5 rings (SSSR count). The van der Waals surface area contributed by atoms with Gasteiger partial charge >= 0.3 is 5.97 Å². The van der Waals surface area contributed by atoms with Crippen molar-refractivity contribution in [2.45, 2.75) is 58.2 Å². The van der Waals surface area contributed by atoms with Gasteiger partial charge in [0.2, 0.25) is 0 Å². The van der Waals surface area contributed by atoms with Gasteiger partial charge in [-0.05, 0) is 37.1 Å². The third kappa shape index (κ3) is 2.99. The molecule has 2 aromatic heterocycles. The minimum Gasteiger partial charge on any atom is -0.458 e. The Hall–Kier alpha value is -3.03. The second kappa shape index (κ2) is 7.53. The number of carbonyl (C=O) groups excluding carboxylic acids is 1. The van der Waals surface area contributed by atoms with Crippen molar-refractivity contribution < 1.29 is 24.2 Å². The molecular weight excluding hydrogens is 406 g/mol. The summed E-state index contributed by atoms with van der Waals surface area (Å²) in [6, 6.07) is 5.95. The molecule has 166 valence electrons. The largest absolute Gasteiger partial charge is 0.458 e. The highest BCUT2D eigenvalue weighted by Crippen LogP contribution is 2.40. The number of benzene rings is 1. The zero-order valence-corrected chi connectivity index (χ0v) is 17.5. The van der Waals surface area contributed by atoms with Crippen LogP contribution in [-0.2, 0) is 34.7 Å². The molecule has 1 atom stereocenters. The number of ether oxygens (including phenoxy) is 1. The fraction of sp³-hybridized carbons (Fsp3) is 0.400. The predicted octanol–water partition coefficient (Wildman–Crippen LogP) is 2.62. The number of para-hydroxylation sites is 1. The average molecular weight is 441 g/mol. The topological polar surface area (TPSA) is 93.5 Å². The van der Waals surface area contributed by atoms with Crippen molar-refractivity contribution in [2.75, 3.05) is 6.54 Å². The number of aromatic nitrogens is 2. The average Bonchev–Trinajstić information content (AvgIpc) is 3.23. The van der Waals surface area contributed by atoms with Gasteiger partial charge in [0.15, 0.2) is 5.60 Å². The lowest BCUT2D eigenvalue weighted by molar-refractivity contribution is -0.172. The van der Waals surface area contributed by atoms with Crippen LogP contribution in [0, 0.1) is 0 Å². The van der Waals surface area contributed by atoms with Crippen molar-refractivity contribution in [3.8, 4) is 11.4 Å². The van der Waals surface area contributed by atoms with E-state index in [1.165, 1.54) is 4.57 Å². The highest BCUT2D eigenvalue weighted by molar-refractivity contribution is 5.89. The molecule has 0 radical (unpaired) electrons. The zero-order chi connectivity index (χ0) is 28.5. The lowest BCUT2D eigenvalue weighted by atomic mass is 9.86. The Bertz CT molecular complexity index is 1550. The Morgan fingerprint density at radius 2 is 2.16 bits per heavy atom. The van der Waals surface area contributed by atoms with E-state index in [9.17, 15) is 14.7 Å². The second-order valence-electron chi connectivity index (χ2n) is 8.09. The van der Waals surface area contributed by atoms with E-state index in [1.807, 2.05) is 12.1 Å². The highest BCUT2D eigenvalue weighted by atomic mass is 16.6. The van der Waals surface area contributed by atoms with Crippen molar-refractivity contribution in [1.29, 1.82) is 0 Å². The standard InChI is InChI=1S/C25H27N3O4/c1-4-25(31)19-11-21-22-17(12-28(21)23(29)18(19)13-32-24(25)30)15(9-10-26-14(2)3)16-7-5-6-8-20(16)27-22/h5-8,11,14,26,31H,4,9-10,12-13H2,1-3H3/t25-/m0/s1/i2D3,3D3,14D. The molecule has 3 aromatic rings. The third-order valence-electron chi connectivity index (χ3n) is 6.39. The van der Waals surface area contributed by atoms with E-state index in [2.05, 4.69) is 5.32 Å². The molecule has 32 heavy (non-hydrogen) atoms. The van der Waals surface area contributed by atoms with Crippen LogP contribution in [0.25, 0.3) is 22.3 Å². The maximum Gasteiger partial charge on any atom is 0.343 e. The molecule has 0 unspecified atom stereocenters. The van der Waals surface area contributed by atoms with E-state index in [4.69, 9.17) is 19.3 Å². The maximum atomic E-state index is 13.5. The molecule has 0 spiro atoms. The van der Waals surface area contributed by atoms with Crippen molar-refractivity contribution in [1.82, 2.24) is 14.9 Å².